The van der Waals surface area contributed by atoms with Gasteiger partial charge >= 0.3 is 0 Å². The van der Waals surface area contributed by atoms with Crippen LogP contribution in [0.25, 0.3) is 0 Å². The molecule has 5 rings (SSSR count). The number of imidazole rings is 1. The lowest BCUT2D eigenvalue weighted by Gasteiger charge is -2.35. The summed E-state index contributed by atoms with van der Waals surface area (Å²) >= 11 is 6.20. The van der Waals surface area contributed by atoms with Crippen molar-refractivity contribution in [1.82, 2.24) is 30.1 Å². The van der Waals surface area contributed by atoms with Gasteiger partial charge in [0.15, 0.2) is 0 Å². The molecule has 2 N–H and O–H groups in total. The number of halogens is 1. The summed E-state index contributed by atoms with van der Waals surface area (Å²) in [6.07, 6.45) is 8.56. The van der Waals surface area contributed by atoms with E-state index in [2.05, 4.69) is 31.2 Å². The lowest BCUT2D eigenvalue weighted by atomic mass is 9.98. The summed E-state index contributed by atoms with van der Waals surface area (Å²) < 4.78 is 0. The molecule has 1 aliphatic heterocycles. The van der Waals surface area contributed by atoms with Gasteiger partial charge in [-0.15, -0.1) is 0 Å². The molecule has 0 saturated carbocycles. The van der Waals surface area contributed by atoms with Gasteiger partial charge in [-0.25, -0.2) is 4.98 Å². The van der Waals surface area contributed by atoms with Crippen molar-refractivity contribution in [3.8, 4) is 6.07 Å². The Morgan fingerprint density at radius 3 is 2.71 bits per heavy atom. The zero-order chi connectivity index (χ0) is 29.3. The Kier molecular flexibility index (Phi) is 9.59. The molecule has 1 fully saturated rings. The minimum absolute atomic E-state index is 0.0683. The number of nitriles is 1. The quantitative estimate of drug-likeness (QED) is 0.237. The lowest BCUT2D eigenvalue weighted by Crippen LogP contribution is -2.45. The molecule has 0 aliphatic carbocycles. The van der Waals surface area contributed by atoms with E-state index in [4.69, 9.17) is 11.6 Å². The minimum Gasteiger partial charge on any atom is -0.352 e. The smallest absolute Gasteiger partial charge is 0.252 e. The third-order valence-corrected chi connectivity index (χ3v) is 7.76. The van der Waals surface area contributed by atoms with Crippen LogP contribution < -0.4 is 5.32 Å². The molecule has 1 saturated heterocycles. The SMILES string of the molecule is N#Cc1ccc(CC(c2cnc[nH]2)N(CCCNC(=O)c2cccnc2)[C@@H]2CCN(Cc3cccc(Cl)c3)C2=O)cc1. The van der Waals surface area contributed by atoms with Crippen molar-refractivity contribution in [1.29, 1.82) is 5.26 Å². The second-order valence-corrected chi connectivity index (χ2v) is 10.8. The summed E-state index contributed by atoms with van der Waals surface area (Å²) in [4.78, 5) is 42.2. The Morgan fingerprint density at radius 1 is 1.14 bits per heavy atom. The maximum Gasteiger partial charge on any atom is 0.252 e. The first-order valence-electron chi connectivity index (χ1n) is 14.0. The highest BCUT2D eigenvalue weighted by Crippen LogP contribution is 2.31. The van der Waals surface area contributed by atoms with Crippen LogP contribution in [-0.4, -0.2) is 62.2 Å². The highest BCUT2D eigenvalue weighted by molar-refractivity contribution is 6.30. The van der Waals surface area contributed by atoms with Crippen LogP contribution >= 0.6 is 11.6 Å². The van der Waals surface area contributed by atoms with Crippen molar-refractivity contribution in [2.75, 3.05) is 19.6 Å². The van der Waals surface area contributed by atoms with Crippen LogP contribution in [0.3, 0.4) is 0 Å². The highest BCUT2D eigenvalue weighted by Gasteiger charge is 2.39. The summed E-state index contributed by atoms with van der Waals surface area (Å²) in [6.45, 7) is 2.16. The average Bonchev–Trinajstić information content (AvgIpc) is 3.68. The highest BCUT2D eigenvalue weighted by atomic mass is 35.5. The first-order valence-corrected chi connectivity index (χ1v) is 14.3. The number of nitrogens with one attached hydrogen (secondary N) is 2. The monoisotopic (exact) mass is 581 g/mol. The first-order chi connectivity index (χ1) is 20.5. The van der Waals surface area contributed by atoms with E-state index in [1.54, 1.807) is 37.1 Å². The predicted molar refractivity (Wildman–Crippen MR) is 159 cm³/mol. The number of amides is 2. The fraction of sp³-hybridized carbons (Fsp3) is 0.281. The Labute approximate surface area is 250 Å². The Morgan fingerprint density at radius 2 is 2.00 bits per heavy atom. The number of carbonyl (C=O) groups excluding carboxylic acids is 2. The molecule has 10 heteroatoms. The number of likely N-dealkylation sites (tertiary alicyclic amines) is 1. The molecule has 214 valence electrons. The van der Waals surface area contributed by atoms with E-state index in [0.29, 0.717) is 61.6 Å². The number of nitrogens with zero attached hydrogens (tertiary/aromatic N) is 5. The second kappa shape index (κ2) is 13.9. The molecule has 1 aliphatic rings. The van der Waals surface area contributed by atoms with E-state index in [9.17, 15) is 14.9 Å². The number of carbonyl (C=O) groups is 2. The molecule has 0 spiro atoms. The van der Waals surface area contributed by atoms with Gasteiger partial charge in [-0.05, 0) is 66.8 Å². The van der Waals surface area contributed by atoms with Crippen LogP contribution in [0, 0.1) is 11.3 Å². The maximum atomic E-state index is 13.9. The standard InChI is InChI=1S/C32H32ClN7O2/c33-27-6-1-4-25(16-27)21-39-15-11-29(32(39)42)40(14-3-13-37-31(41)26-5-2-12-35-19-26)30(28-20-36-22-38-28)17-23-7-9-24(18-34)10-8-23/h1-2,4-10,12,16,19-20,22,29-30H,3,11,13-15,17,21H2,(H,36,38)(H,37,41)/t29-,30?/m1/s1. The predicted octanol–water partition coefficient (Wildman–Crippen LogP) is 4.54. The van der Waals surface area contributed by atoms with Crippen molar-refractivity contribution in [3.63, 3.8) is 0 Å². The summed E-state index contributed by atoms with van der Waals surface area (Å²) in [5.41, 5.74) is 4.04. The second-order valence-electron chi connectivity index (χ2n) is 10.3. The van der Waals surface area contributed by atoms with E-state index in [1.165, 1.54) is 0 Å². The van der Waals surface area contributed by atoms with E-state index in [-0.39, 0.29) is 23.9 Å². The fourth-order valence-corrected chi connectivity index (χ4v) is 5.64. The van der Waals surface area contributed by atoms with E-state index in [1.807, 2.05) is 53.4 Å². The number of hydrogen-bond acceptors (Lipinski definition) is 6. The first kappa shape index (κ1) is 29.0. The molecule has 0 radical (unpaired) electrons. The molecule has 1 unspecified atom stereocenters. The van der Waals surface area contributed by atoms with Gasteiger partial charge in [0.05, 0.1) is 41.3 Å². The molecular formula is C32H32ClN7O2. The summed E-state index contributed by atoms with van der Waals surface area (Å²) in [5, 5.41) is 12.9. The maximum absolute atomic E-state index is 13.9. The zero-order valence-electron chi connectivity index (χ0n) is 23.1. The molecule has 4 aromatic rings. The van der Waals surface area contributed by atoms with Crippen LogP contribution in [0.2, 0.25) is 5.02 Å². The number of H-pyrrole nitrogens is 1. The van der Waals surface area contributed by atoms with Crippen LogP contribution in [0.15, 0.2) is 85.6 Å². The van der Waals surface area contributed by atoms with Gasteiger partial charge < -0.3 is 15.2 Å². The third kappa shape index (κ3) is 7.21. The van der Waals surface area contributed by atoms with Crippen molar-refractivity contribution >= 4 is 23.4 Å². The van der Waals surface area contributed by atoms with E-state index >= 15 is 0 Å². The Bertz CT molecular complexity index is 1520. The third-order valence-electron chi connectivity index (χ3n) is 7.53. The number of aromatic amines is 1. The number of rotatable bonds is 12. The topological polar surface area (TPSA) is 118 Å². The van der Waals surface area contributed by atoms with Gasteiger partial charge in [-0.2, -0.15) is 5.26 Å². The van der Waals surface area contributed by atoms with Crippen molar-refractivity contribution in [2.24, 2.45) is 0 Å². The molecule has 0 bridgehead atoms. The normalized spacial score (nSPS) is 15.5. The summed E-state index contributed by atoms with van der Waals surface area (Å²) in [7, 11) is 0. The minimum atomic E-state index is -0.343. The largest absolute Gasteiger partial charge is 0.352 e. The summed E-state index contributed by atoms with van der Waals surface area (Å²) in [5.74, 6) is -0.110. The van der Waals surface area contributed by atoms with Crippen LogP contribution in [0.5, 0.6) is 0 Å². The molecule has 2 atom stereocenters. The van der Waals surface area contributed by atoms with Gasteiger partial charge in [-0.1, -0.05) is 35.9 Å². The van der Waals surface area contributed by atoms with Crippen LogP contribution in [0.1, 0.15) is 51.6 Å². The van der Waals surface area contributed by atoms with Crippen molar-refractivity contribution in [2.45, 2.75) is 37.9 Å². The van der Waals surface area contributed by atoms with Gasteiger partial charge in [-0.3, -0.25) is 19.5 Å². The number of hydrogen-bond donors (Lipinski definition) is 2. The number of benzene rings is 2. The lowest BCUT2D eigenvalue weighted by molar-refractivity contribution is -0.133. The molecule has 2 aromatic heterocycles. The van der Waals surface area contributed by atoms with Gasteiger partial charge in [0, 0.05) is 49.8 Å². The molecule has 9 nitrogen and oxygen atoms in total. The molecule has 2 amide bonds. The van der Waals surface area contributed by atoms with Crippen molar-refractivity contribution in [3.05, 3.63) is 119 Å². The molecule has 3 heterocycles. The van der Waals surface area contributed by atoms with Crippen LogP contribution in [0.4, 0.5) is 0 Å². The molecule has 42 heavy (non-hydrogen) atoms. The number of aromatic nitrogens is 3. The zero-order valence-corrected chi connectivity index (χ0v) is 23.9. The van der Waals surface area contributed by atoms with Gasteiger partial charge in [0.25, 0.3) is 5.91 Å². The van der Waals surface area contributed by atoms with Gasteiger partial charge in [0.1, 0.15) is 0 Å². The number of pyridine rings is 1. The Hall–Kier alpha value is -4.52. The Balaban J connectivity index is 1.36. The van der Waals surface area contributed by atoms with Crippen molar-refractivity contribution < 1.29 is 9.59 Å². The fourth-order valence-electron chi connectivity index (χ4n) is 5.43. The average molecular weight is 582 g/mol. The molecular weight excluding hydrogens is 550 g/mol. The van der Waals surface area contributed by atoms with Crippen LogP contribution in [-0.2, 0) is 17.8 Å². The van der Waals surface area contributed by atoms with Gasteiger partial charge in [0.2, 0.25) is 5.91 Å². The van der Waals surface area contributed by atoms with E-state index in [0.717, 1.165) is 16.8 Å². The molecule has 2 aromatic carbocycles. The van der Waals surface area contributed by atoms with E-state index < -0.39 is 0 Å². The summed E-state index contributed by atoms with van der Waals surface area (Å²) in [6, 6.07) is 20.2.